The Labute approximate surface area is 104 Å². The van der Waals surface area contributed by atoms with Crippen LogP contribution < -0.4 is 11.1 Å². The SMILES string of the molecule is CCCOCCC(=O)NC1CCCCC1CN. The molecule has 0 aromatic carbocycles. The van der Waals surface area contributed by atoms with Crippen molar-refractivity contribution in [2.45, 2.75) is 51.5 Å². The van der Waals surface area contributed by atoms with E-state index in [1.807, 2.05) is 0 Å². The van der Waals surface area contributed by atoms with Crippen LogP contribution in [0, 0.1) is 5.92 Å². The van der Waals surface area contributed by atoms with Gasteiger partial charge in [-0.2, -0.15) is 0 Å². The molecule has 1 rings (SSSR count). The van der Waals surface area contributed by atoms with E-state index in [0.717, 1.165) is 25.9 Å². The van der Waals surface area contributed by atoms with Gasteiger partial charge in [0.25, 0.3) is 0 Å². The highest BCUT2D eigenvalue weighted by Crippen LogP contribution is 2.23. The van der Waals surface area contributed by atoms with E-state index in [1.165, 1.54) is 12.8 Å². The van der Waals surface area contributed by atoms with E-state index in [9.17, 15) is 4.79 Å². The van der Waals surface area contributed by atoms with Crippen LogP contribution in [0.2, 0.25) is 0 Å². The fourth-order valence-corrected chi connectivity index (χ4v) is 2.37. The van der Waals surface area contributed by atoms with Crippen molar-refractivity contribution in [1.29, 1.82) is 0 Å². The average Bonchev–Trinajstić information content (AvgIpc) is 2.35. The maximum atomic E-state index is 11.7. The first-order chi connectivity index (χ1) is 8.27. The normalized spacial score (nSPS) is 24.6. The third-order valence-electron chi connectivity index (χ3n) is 3.38. The van der Waals surface area contributed by atoms with Gasteiger partial charge in [0.05, 0.1) is 6.61 Å². The lowest BCUT2D eigenvalue weighted by molar-refractivity contribution is -0.123. The van der Waals surface area contributed by atoms with Crippen molar-refractivity contribution in [2.24, 2.45) is 11.7 Å². The van der Waals surface area contributed by atoms with Crippen molar-refractivity contribution >= 4 is 5.91 Å². The molecule has 4 nitrogen and oxygen atoms in total. The summed E-state index contributed by atoms with van der Waals surface area (Å²) in [5.41, 5.74) is 5.73. The zero-order chi connectivity index (χ0) is 12.5. The molecule has 1 aliphatic carbocycles. The van der Waals surface area contributed by atoms with Gasteiger partial charge < -0.3 is 15.8 Å². The summed E-state index contributed by atoms with van der Waals surface area (Å²) in [4.78, 5) is 11.7. The number of ether oxygens (including phenoxy) is 1. The van der Waals surface area contributed by atoms with Crippen molar-refractivity contribution in [1.82, 2.24) is 5.32 Å². The van der Waals surface area contributed by atoms with Crippen LogP contribution in [0.25, 0.3) is 0 Å². The maximum Gasteiger partial charge on any atom is 0.222 e. The van der Waals surface area contributed by atoms with E-state index >= 15 is 0 Å². The van der Waals surface area contributed by atoms with Crippen molar-refractivity contribution in [3.05, 3.63) is 0 Å². The molecule has 1 saturated carbocycles. The summed E-state index contributed by atoms with van der Waals surface area (Å²) in [6, 6.07) is 0.285. The maximum absolute atomic E-state index is 11.7. The molecule has 0 aliphatic heterocycles. The zero-order valence-corrected chi connectivity index (χ0v) is 10.9. The van der Waals surface area contributed by atoms with Gasteiger partial charge in [0.1, 0.15) is 0 Å². The van der Waals surface area contributed by atoms with Gasteiger partial charge in [0.2, 0.25) is 5.91 Å². The number of rotatable bonds is 7. The Balaban J connectivity index is 2.19. The molecule has 2 atom stereocenters. The minimum absolute atomic E-state index is 0.103. The molecule has 1 amide bonds. The molecule has 0 aromatic rings. The van der Waals surface area contributed by atoms with Gasteiger partial charge in [-0.3, -0.25) is 4.79 Å². The highest BCUT2D eigenvalue weighted by molar-refractivity contribution is 5.76. The molecule has 0 saturated heterocycles. The first kappa shape index (κ1) is 14.5. The summed E-state index contributed by atoms with van der Waals surface area (Å²) in [5.74, 6) is 0.565. The fourth-order valence-electron chi connectivity index (χ4n) is 2.37. The second-order valence-corrected chi connectivity index (χ2v) is 4.82. The summed E-state index contributed by atoms with van der Waals surface area (Å²) in [6.07, 6.45) is 6.13. The quantitative estimate of drug-likeness (QED) is 0.664. The van der Waals surface area contributed by atoms with Gasteiger partial charge in [-0.1, -0.05) is 19.8 Å². The van der Waals surface area contributed by atoms with Gasteiger partial charge >= 0.3 is 0 Å². The van der Waals surface area contributed by atoms with Crippen LogP contribution >= 0.6 is 0 Å². The van der Waals surface area contributed by atoms with Gasteiger partial charge in [0.15, 0.2) is 0 Å². The predicted octanol–water partition coefficient (Wildman–Crippen LogP) is 1.44. The van der Waals surface area contributed by atoms with Crippen LogP contribution in [-0.2, 0) is 9.53 Å². The van der Waals surface area contributed by atoms with Crippen molar-refractivity contribution in [3.63, 3.8) is 0 Å². The van der Waals surface area contributed by atoms with Crippen molar-refractivity contribution in [2.75, 3.05) is 19.8 Å². The van der Waals surface area contributed by atoms with Crippen LogP contribution in [0.3, 0.4) is 0 Å². The number of amides is 1. The van der Waals surface area contributed by atoms with Gasteiger partial charge in [-0.05, 0) is 31.7 Å². The lowest BCUT2D eigenvalue weighted by atomic mass is 9.84. The van der Waals surface area contributed by atoms with E-state index in [0.29, 0.717) is 25.5 Å². The summed E-state index contributed by atoms with van der Waals surface area (Å²) in [7, 11) is 0. The predicted molar refractivity (Wildman–Crippen MR) is 68.7 cm³/mol. The van der Waals surface area contributed by atoms with Crippen LogP contribution in [0.4, 0.5) is 0 Å². The zero-order valence-electron chi connectivity index (χ0n) is 10.9. The first-order valence-electron chi connectivity index (χ1n) is 6.85. The number of nitrogens with one attached hydrogen (secondary N) is 1. The highest BCUT2D eigenvalue weighted by Gasteiger charge is 2.24. The van der Waals surface area contributed by atoms with Crippen molar-refractivity contribution in [3.8, 4) is 0 Å². The molecule has 1 aliphatic rings. The van der Waals surface area contributed by atoms with Gasteiger partial charge in [-0.15, -0.1) is 0 Å². The minimum atomic E-state index is 0.103. The second kappa shape index (κ2) is 8.48. The topological polar surface area (TPSA) is 64.3 Å². The Morgan fingerprint density at radius 3 is 2.82 bits per heavy atom. The second-order valence-electron chi connectivity index (χ2n) is 4.82. The summed E-state index contributed by atoms with van der Waals surface area (Å²) in [5, 5.41) is 3.10. The van der Waals surface area contributed by atoms with E-state index < -0.39 is 0 Å². The molecule has 0 radical (unpaired) electrons. The van der Waals surface area contributed by atoms with E-state index in [1.54, 1.807) is 0 Å². The highest BCUT2D eigenvalue weighted by atomic mass is 16.5. The molecular weight excluding hydrogens is 216 g/mol. The molecule has 3 N–H and O–H groups in total. The Hall–Kier alpha value is -0.610. The van der Waals surface area contributed by atoms with Crippen LogP contribution in [0.15, 0.2) is 0 Å². The molecule has 0 aromatic heterocycles. The number of carbonyl (C=O) groups excluding carboxylic acids is 1. The van der Waals surface area contributed by atoms with E-state index in [4.69, 9.17) is 10.5 Å². The first-order valence-corrected chi connectivity index (χ1v) is 6.85. The molecule has 100 valence electrons. The van der Waals surface area contributed by atoms with Crippen molar-refractivity contribution < 1.29 is 9.53 Å². The Morgan fingerprint density at radius 1 is 1.35 bits per heavy atom. The molecule has 0 bridgehead atoms. The molecule has 4 heteroatoms. The van der Waals surface area contributed by atoms with Gasteiger partial charge in [-0.25, -0.2) is 0 Å². The van der Waals surface area contributed by atoms with Crippen LogP contribution in [0.5, 0.6) is 0 Å². The standard InChI is InChI=1S/C13H26N2O2/c1-2-8-17-9-7-13(16)15-12-6-4-3-5-11(12)10-14/h11-12H,2-10,14H2,1H3,(H,15,16). The molecule has 17 heavy (non-hydrogen) atoms. The molecule has 0 spiro atoms. The van der Waals surface area contributed by atoms with Gasteiger partial charge in [0, 0.05) is 19.1 Å². The van der Waals surface area contributed by atoms with E-state index in [2.05, 4.69) is 12.2 Å². The van der Waals surface area contributed by atoms with Crippen LogP contribution in [-0.4, -0.2) is 31.7 Å². The summed E-state index contributed by atoms with van der Waals surface area (Å²) < 4.78 is 5.31. The average molecular weight is 242 g/mol. The minimum Gasteiger partial charge on any atom is -0.381 e. The number of nitrogens with two attached hydrogens (primary N) is 1. The Morgan fingerprint density at radius 2 is 2.12 bits per heavy atom. The molecular formula is C13H26N2O2. The Kier molecular flexibility index (Phi) is 7.21. The smallest absolute Gasteiger partial charge is 0.222 e. The largest absolute Gasteiger partial charge is 0.381 e. The lowest BCUT2D eigenvalue weighted by Gasteiger charge is -2.31. The van der Waals surface area contributed by atoms with E-state index in [-0.39, 0.29) is 11.9 Å². The molecule has 1 fully saturated rings. The number of carbonyl (C=O) groups is 1. The number of hydrogen-bond donors (Lipinski definition) is 2. The molecule has 2 unspecified atom stereocenters. The number of hydrogen-bond acceptors (Lipinski definition) is 3. The third-order valence-corrected chi connectivity index (χ3v) is 3.38. The summed E-state index contributed by atoms with van der Waals surface area (Å²) >= 11 is 0. The van der Waals surface area contributed by atoms with Crippen LogP contribution in [0.1, 0.15) is 45.4 Å². The Bertz CT molecular complexity index is 221. The monoisotopic (exact) mass is 242 g/mol. The third kappa shape index (κ3) is 5.50. The summed E-state index contributed by atoms with van der Waals surface area (Å²) in [6.45, 7) is 4.01. The lowest BCUT2D eigenvalue weighted by Crippen LogP contribution is -2.44. The molecule has 0 heterocycles. The fraction of sp³-hybridized carbons (Fsp3) is 0.923.